The first-order valence-corrected chi connectivity index (χ1v) is 7.11. The van der Waals surface area contributed by atoms with Crippen molar-refractivity contribution in [1.29, 1.82) is 0 Å². The van der Waals surface area contributed by atoms with Crippen LogP contribution in [0.1, 0.15) is 41.0 Å². The molecule has 0 spiro atoms. The second-order valence-corrected chi connectivity index (χ2v) is 5.81. The molecule has 1 heterocycles. The summed E-state index contributed by atoms with van der Waals surface area (Å²) in [5.74, 6) is 1.11. The van der Waals surface area contributed by atoms with Crippen LogP contribution >= 0.6 is 0 Å². The van der Waals surface area contributed by atoms with E-state index in [0.717, 1.165) is 13.0 Å². The Hall–Kier alpha value is -0.610. The molecule has 106 valence electrons. The standard InChI is InChI=1S/C14H28N2O2/c1-6-12-15-13(11(4)5)14(17)16(12)7-8-18-9-10(2)3/h10-13,15H,6-9H2,1-5H3. The molecule has 1 saturated heterocycles. The largest absolute Gasteiger partial charge is 0.379 e. The van der Waals surface area contributed by atoms with E-state index in [0.29, 0.717) is 25.0 Å². The molecule has 0 radical (unpaired) electrons. The smallest absolute Gasteiger partial charge is 0.241 e. The fourth-order valence-corrected chi connectivity index (χ4v) is 2.26. The van der Waals surface area contributed by atoms with E-state index in [4.69, 9.17) is 4.74 Å². The van der Waals surface area contributed by atoms with Crippen molar-refractivity contribution in [3.05, 3.63) is 0 Å². The predicted octanol–water partition coefficient (Wildman–Crippen LogP) is 1.85. The van der Waals surface area contributed by atoms with Gasteiger partial charge in [0, 0.05) is 13.2 Å². The van der Waals surface area contributed by atoms with Crippen molar-refractivity contribution in [2.24, 2.45) is 11.8 Å². The average Bonchev–Trinajstić information content (AvgIpc) is 2.61. The summed E-state index contributed by atoms with van der Waals surface area (Å²) < 4.78 is 5.57. The number of carbonyl (C=O) groups is 1. The summed E-state index contributed by atoms with van der Waals surface area (Å²) in [6, 6.07) is -0.0277. The molecule has 0 aromatic heterocycles. The van der Waals surface area contributed by atoms with Gasteiger partial charge in [-0.25, -0.2) is 0 Å². The van der Waals surface area contributed by atoms with Gasteiger partial charge in [-0.2, -0.15) is 0 Å². The summed E-state index contributed by atoms with van der Waals surface area (Å²) in [6.07, 6.45) is 1.12. The minimum absolute atomic E-state index is 0.0277. The third-order valence-corrected chi connectivity index (χ3v) is 3.28. The summed E-state index contributed by atoms with van der Waals surface area (Å²) in [5, 5.41) is 3.41. The highest BCUT2D eigenvalue weighted by Crippen LogP contribution is 2.18. The molecule has 1 fully saturated rings. The van der Waals surface area contributed by atoms with Crippen LogP contribution in [0.2, 0.25) is 0 Å². The predicted molar refractivity (Wildman–Crippen MR) is 73.2 cm³/mol. The van der Waals surface area contributed by atoms with Crippen LogP contribution < -0.4 is 5.32 Å². The van der Waals surface area contributed by atoms with Crippen molar-refractivity contribution in [3.63, 3.8) is 0 Å². The van der Waals surface area contributed by atoms with E-state index < -0.39 is 0 Å². The van der Waals surface area contributed by atoms with Gasteiger partial charge in [-0.3, -0.25) is 10.1 Å². The van der Waals surface area contributed by atoms with Gasteiger partial charge in [-0.1, -0.05) is 34.6 Å². The number of nitrogens with zero attached hydrogens (tertiary/aromatic N) is 1. The molecule has 4 nitrogen and oxygen atoms in total. The maximum atomic E-state index is 12.3. The van der Waals surface area contributed by atoms with Crippen LogP contribution in [-0.2, 0) is 9.53 Å². The van der Waals surface area contributed by atoms with Gasteiger partial charge in [-0.15, -0.1) is 0 Å². The van der Waals surface area contributed by atoms with Gasteiger partial charge < -0.3 is 9.64 Å². The van der Waals surface area contributed by atoms with Crippen molar-refractivity contribution >= 4 is 5.91 Å². The summed E-state index contributed by atoms with van der Waals surface area (Å²) >= 11 is 0. The molecule has 2 unspecified atom stereocenters. The highest BCUT2D eigenvalue weighted by atomic mass is 16.5. The van der Waals surface area contributed by atoms with Gasteiger partial charge in [0.05, 0.1) is 18.8 Å². The molecule has 0 bridgehead atoms. The monoisotopic (exact) mass is 256 g/mol. The Bertz CT molecular complexity index is 267. The summed E-state index contributed by atoms with van der Waals surface area (Å²) in [4.78, 5) is 14.2. The summed E-state index contributed by atoms with van der Waals surface area (Å²) in [5.41, 5.74) is 0. The van der Waals surface area contributed by atoms with E-state index in [1.165, 1.54) is 0 Å². The maximum Gasteiger partial charge on any atom is 0.241 e. The third-order valence-electron chi connectivity index (χ3n) is 3.28. The number of amides is 1. The van der Waals surface area contributed by atoms with Gasteiger partial charge >= 0.3 is 0 Å². The van der Waals surface area contributed by atoms with Crippen LogP contribution in [0.5, 0.6) is 0 Å². The minimum atomic E-state index is -0.0277. The van der Waals surface area contributed by atoms with Crippen molar-refractivity contribution < 1.29 is 9.53 Å². The van der Waals surface area contributed by atoms with E-state index in [2.05, 4.69) is 39.9 Å². The molecule has 1 aliphatic heterocycles. The van der Waals surface area contributed by atoms with Crippen molar-refractivity contribution in [1.82, 2.24) is 10.2 Å². The molecule has 4 heteroatoms. The van der Waals surface area contributed by atoms with Gasteiger partial charge in [-0.05, 0) is 18.3 Å². The second-order valence-electron chi connectivity index (χ2n) is 5.81. The molecule has 1 aliphatic rings. The molecule has 18 heavy (non-hydrogen) atoms. The number of hydrogen-bond acceptors (Lipinski definition) is 3. The number of ether oxygens (including phenoxy) is 1. The van der Waals surface area contributed by atoms with Crippen LogP contribution in [0.4, 0.5) is 0 Å². The normalized spacial score (nSPS) is 24.6. The molecule has 1 rings (SSSR count). The maximum absolute atomic E-state index is 12.3. The fraction of sp³-hybridized carbons (Fsp3) is 0.929. The Morgan fingerprint density at radius 1 is 1.33 bits per heavy atom. The van der Waals surface area contributed by atoms with E-state index in [1.54, 1.807) is 0 Å². The first-order valence-electron chi connectivity index (χ1n) is 7.11. The van der Waals surface area contributed by atoms with Crippen LogP contribution in [0.25, 0.3) is 0 Å². The van der Waals surface area contributed by atoms with E-state index in [-0.39, 0.29) is 18.1 Å². The van der Waals surface area contributed by atoms with Crippen LogP contribution in [0.3, 0.4) is 0 Å². The molecule has 0 aliphatic carbocycles. The first kappa shape index (κ1) is 15.4. The number of rotatable bonds is 7. The summed E-state index contributed by atoms with van der Waals surface area (Å²) in [6.45, 7) is 12.6. The molecule has 1 amide bonds. The lowest BCUT2D eigenvalue weighted by atomic mass is 10.1. The van der Waals surface area contributed by atoms with Crippen molar-refractivity contribution in [2.45, 2.75) is 53.2 Å². The average molecular weight is 256 g/mol. The Balaban J connectivity index is 2.44. The topological polar surface area (TPSA) is 41.6 Å². The van der Waals surface area contributed by atoms with Crippen molar-refractivity contribution in [2.75, 3.05) is 19.8 Å². The summed E-state index contributed by atoms with van der Waals surface area (Å²) in [7, 11) is 0. The third kappa shape index (κ3) is 3.95. The molecule has 0 aromatic carbocycles. The van der Waals surface area contributed by atoms with Crippen LogP contribution in [0.15, 0.2) is 0 Å². The fourth-order valence-electron chi connectivity index (χ4n) is 2.26. The molecule has 2 atom stereocenters. The minimum Gasteiger partial charge on any atom is -0.379 e. The van der Waals surface area contributed by atoms with E-state index >= 15 is 0 Å². The SMILES string of the molecule is CCC1NC(C(C)C)C(=O)N1CCOCC(C)C. The Morgan fingerprint density at radius 2 is 2.00 bits per heavy atom. The Morgan fingerprint density at radius 3 is 2.50 bits per heavy atom. The lowest BCUT2D eigenvalue weighted by molar-refractivity contribution is -0.131. The highest BCUT2D eigenvalue weighted by molar-refractivity contribution is 5.84. The first-order chi connectivity index (χ1) is 8.47. The lowest BCUT2D eigenvalue weighted by Crippen LogP contribution is -2.39. The second kappa shape index (κ2) is 7.10. The molecular weight excluding hydrogens is 228 g/mol. The Labute approximate surface area is 111 Å². The zero-order valence-electron chi connectivity index (χ0n) is 12.4. The highest BCUT2D eigenvalue weighted by Gasteiger charge is 2.38. The number of nitrogens with one attached hydrogen (secondary N) is 1. The van der Waals surface area contributed by atoms with E-state index in [9.17, 15) is 4.79 Å². The van der Waals surface area contributed by atoms with Gasteiger partial charge in [0.25, 0.3) is 0 Å². The molecule has 0 saturated carbocycles. The van der Waals surface area contributed by atoms with Crippen LogP contribution in [-0.4, -0.2) is 42.8 Å². The molecular formula is C14H28N2O2. The van der Waals surface area contributed by atoms with Gasteiger partial charge in [0.15, 0.2) is 0 Å². The zero-order valence-corrected chi connectivity index (χ0v) is 12.4. The van der Waals surface area contributed by atoms with Gasteiger partial charge in [0.1, 0.15) is 0 Å². The quantitative estimate of drug-likeness (QED) is 0.707. The zero-order chi connectivity index (χ0) is 13.7. The van der Waals surface area contributed by atoms with Crippen molar-refractivity contribution in [3.8, 4) is 0 Å². The number of hydrogen-bond donors (Lipinski definition) is 1. The van der Waals surface area contributed by atoms with E-state index in [1.807, 2.05) is 4.90 Å². The van der Waals surface area contributed by atoms with Crippen LogP contribution in [0, 0.1) is 11.8 Å². The van der Waals surface area contributed by atoms with Gasteiger partial charge in [0.2, 0.25) is 5.91 Å². The molecule has 1 N–H and O–H groups in total. The Kier molecular flexibility index (Phi) is 6.09. The molecule has 0 aromatic rings. The number of carbonyl (C=O) groups excluding carboxylic acids is 1. The lowest BCUT2D eigenvalue weighted by Gasteiger charge is -2.23.